The van der Waals surface area contributed by atoms with E-state index in [1.807, 2.05) is 28.8 Å². The zero-order chi connectivity index (χ0) is 11.9. The third-order valence-corrected chi connectivity index (χ3v) is 4.78. The molecule has 1 saturated heterocycles. The molecule has 1 aliphatic heterocycles. The van der Waals surface area contributed by atoms with Crippen LogP contribution in [0.4, 0.5) is 5.82 Å². The number of sulfone groups is 1. The lowest BCUT2D eigenvalue weighted by Gasteiger charge is -2.13. The van der Waals surface area contributed by atoms with E-state index in [0.29, 0.717) is 6.42 Å². The van der Waals surface area contributed by atoms with Gasteiger partial charge in [-0.3, -0.25) is 4.40 Å². The van der Waals surface area contributed by atoms with E-state index in [4.69, 9.17) is 0 Å². The van der Waals surface area contributed by atoms with Crippen molar-refractivity contribution in [2.24, 2.45) is 0 Å². The van der Waals surface area contributed by atoms with E-state index in [-0.39, 0.29) is 17.5 Å². The molecule has 0 radical (unpaired) electrons. The number of nitrogens with one attached hydrogen (secondary N) is 1. The van der Waals surface area contributed by atoms with Gasteiger partial charge in [-0.2, -0.15) is 0 Å². The number of pyridine rings is 1. The number of hydrogen-bond acceptors (Lipinski definition) is 4. The molecule has 2 aromatic heterocycles. The predicted molar refractivity (Wildman–Crippen MR) is 65.9 cm³/mol. The van der Waals surface area contributed by atoms with Crippen LogP contribution >= 0.6 is 0 Å². The van der Waals surface area contributed by atoms with Crippen LogP contribution < -0.4 is 5.32 Å². The van der Waals surface area contributed by atoms with E-state index >= 15 is 0 Å². The van der Waals surface area contributed by atoms with Gasteiger partial charge in [-0.15, -0.1) is 0 Å². The summed E-state index contributed by atoms with van der Waals surface area (Å²) in [5.74, 6) is 1.39. The van der Waals surface area contributed by atoms with Crippen molar-refractivity contribution in [1.82, 2.24) is 9.38 Å². The number of aromatic nitrogens is 2. The first-order valence-corrected chi connectivity index (χ1v) is 7.35. The minimum atomic E-state index is -2.84. The molecule has 0 saturated carbocycles. The van der Waals surface area contributed by atoms with Crippen molar-refractivity contribution in [3.8, 4) is 0 Å². The molecule has 0 aliphatic carbocycles. The van der Waals surface area contributed by atoms with Crippen molar-refractivity contribution in [2.45, 2.75) is 12.5 Å². The Morgan fingerprint density at radius 3 is 3.06 bits per heavy atom. The summed E-state index contributed by atoms with van der Waals surface area (Å²) in [5.41, 5.74) is 0.857. The zero-order valence-corrected chi connectivity index (χ0v) is 10.0. The molecule has 1 atom stereocenters. The van der Waals surface area contributed by atoms with Gasteiger partial charge in [0.2, 0.25) is 0 Å². The van der Waals surface area contributed by atoms with Gasteiger partial charge in [0.25, 0.3) is 0 Å². The maximum Gasteiger partial charge on any atom is 0.152 e. The van der Waals surface area contributed by atoms with Crippen molar-refractivity contribution in [2.75, 3.05) is 16.8 Å². The molecule has 1 aliphatic rings. The molecule has 1 N–H and O–H groups in total. The van der Waals surface area contributed by atoms with Gasteiger partial charge >= 0.3 is 0 Å². The second kappa shape index (κ2) is 3.73. The standard InChI is InChI=1S/C11H13N3O2S/c15-17(16)7-4-9(8-17)13-11-3-1-2-10-12-5-6-14(10)11/h1-3,5-6,9,13H,4,7-8H2. The molecule has 0 bridgehead atoms. The Morgan fingerprint density at radius 2 is 2.29 bits per heavy atom. The lowest BCUT2D eigenvalue weighted by Crippen LogP contribution is -2.21. The van der Waals surface area contributed by atoms with Crippen LogP contribution in [0.2, 0.25) is 0 Å². The first kappa shape index (κ1) is 10.6. The first-order chi connectivity index (χ1) is 8.14. The van der Waals surface area contributed by atoms with E-state index in [1.54, 1.807) is 6.20 Å². The Kier molecular flexibility index (Phi) is 2.32. The Bertz CT molecular complexity index is 648. The van der Waals surface area contributed by atoms with Crippen LogP contribution in [0.3, 0.4) is 0 Å². The highest BCUT2D eigenvalue weighted by atomic mass is 32.2. The molecule has 0 spiro atoms. The molecule has 90 valence electrons. The second-order valence-corrected chi connectivity index (χ2v) is 6.54. The molecule has 3 rings (SSSR count). The van der Waals surface area contributed by atoms with E-state index in [1.165, 1.54) is 0 Å². The van der Waals surface area contributed by atoms with Crippen LogP contribution in [0, 0.1) is 0 Å². The van der Waals surface area contributed by atoms with Crippen molar-refractivity contribution in [3.63, 3.8) is 0 Å². The highest BCUT2D eigenvalue weighted by molar-refractivity contribution is 7.91. The van der Waals surface area contributed by atoms with Gasteiger partial charge in [-0.05, 0) is 18.6 Å². The van der Waals surface area contributed by atoms with Crippen molar-refractivity contribution in [3.05, 3.63) is 30.6 Å². The van der Waals surface area contributed by atoms with Crippen LogP contribution in [-0.2, 0) is 9.84 Å². The van der Waals surface area contributed by atoms with Gasteiger partial charge in [0.1, 0.15) is 11.5 Å². The summed E-state index contributed by atoms with van der Waals surface area (Å²) in [5, 5.41) is 3.27. The van der Waals surface area contributed by atoms with E-state index in [0.717, 1.165) is 11.5 Å². The number of nitrogens with zero attached hydrogens (tertiary/aromatic N) is 2. The lowest BCUT2D eigenvalue weighted by atomic mass is 10.2. The third-order valence-electron chi connectivity index (χ3n) is 3.01. The average Bonchev–Trinajstić information content (AvgIpc) is 2.85. The summed E-state index contributed by atoms with van der Waals surface area (Å²) in [6.07, 6.45) is 4.26. The Labute approximate surface area is 99.4 Å². The summed E-state index contributed by atoms with van der Waals surface area (Å²) >= 11 is 0. The van der Waals surface area contributed by atoms with Crippen molar-refractivity contribution < 1.29 is 8.42 Å². The number of hydrogen-bond donors (Lipinski definition) is 1. The van der Waals surface area contributed by atoms with Gasteiger partial charge in [-0.1, -0.05) is 6.07 Å². The van der Waals surface area contributed by atoms with Crippen LogP contribution in [0.5, 0.6) is 0 Å². The number of fused-ring (bicyclic) bond motifs is 1. The predicted octanol–water partition coefficient (Wildman–Crippen LogP) is 0.933. The normalized spacial score (nSPS) is 22.9. The topological polar surface area (TPSA) is 63.5 Å². The Morgan fingerprint density at radius 1 is 1.41 bits per heavy atom. The van der Waals surface area contributed by atoms with E-state index in [2.05, 4.69) is 10.3 Å². The summed E-state index contributed by atoms with van der Waals surface area (Å²) < 4.78 is 24.7. The average molecular weight is 251 g/mol. The summed E-state index contributed by atoms with van der Waals surface area (Å²) in [6.45, 7) is 0. The maximum atomic E-state index is 11.4. The van der Waals surface area contributed by atoms with Gasteiger partial charge in [0.15, 0.2) is 9.84 Å². The smallest absolute Gasteiger partial charge is 0.152 e. The molecule has 3 heterocycles. The van der Waals surface area contributed by atoms with Gasteiger partial charge < -0.3 is 5.32 Å². The molecule has 17 heavy (non-hydrogen) atoms. The minimum absolute atomic E-state index is 0.00741. The first-order valence-electron chi connectivity index (χ1n) is 5.53. The fraction of sp³-hybridized carbons (Fsp3) is 0.364. The van der Waals surface area contributed by atoms with Crippen LogP contribution in [0.15, 0.2) is 30.6 Å². The van der Waals surface area contributed by atoms with E-state index in [9.17, 15) is 8.42 Å². The Hall–Kier alpha value is -1.56. The summed E-state index contributed by atoms with van der Waals surface area (Å²) in [4.78, 5) is 4.19. The summed E-state index contributed by atoms with van der Waals surface area (Å²) in [6, 6.07) is 5.76. The largest absolute Gasteiger partial charge is 0.367 e. The van der Waals surface area contributed by atoms with Crippen LogP contribution in [0.1, 0.15) is 6.42 Å². The highest BCUT2D eigenvalue weighted by Crippen LogP contribution is 2.18. The Balaban J connectivity index is 1.88. The highest BCUT2D eigenvalue weighted by Gasteiger charge is 2.27. The number of anilines is 1. The molecular weight excluding hydrogens is 238 g/mol. The molecule has 0 aromatic carbocycles. The number of rotatable bonds is 2. The zero-order valence-electron chi connectivity index (χ0n) is 9.20. The molecule has 5 nitrogen and oxygen atoms in total. The van der Waals surface area contributed by atoms with Crippen LogP contribution in [-0.4, -0.2) is 35.4 Å². The third kappa shape index (κ3) is 2.00. The van der Waals surface area contributed by atoms with E-state index < -0.39 is 9.84 Å². The summed E-state index contributed by atoms with van der Waals surface area (Å²) in [7, 11) is -2.84. The molecule has 6 heteroatoms. The van der Waals surface area contributed by atoms with Crippen molar-refractivity contribution in [1.29, 1.82) is 0 Å². The van der Waals surface area contributed by atoms with Crippen LogP contribution in [0.25, 0.3) is 5.65 Å². The molecule has 2 aromatic rings. The van der Waals surface area contributed by atoms with Crippen molar-refractivity contribution >= 4 is 21.3 Å². The lowest BCUT2D eigenvalue weighted by molar-refractivity contribution is 0.602. The molecule has 1 fully saturated rings. The monoisotopic (exact) mass is 251 g/mol. The van der Waals surface area contributed by atoms with Gasteiger partial charge in [-0.25, -0.2) is 13.4 Å². The SMILES string of the molecule is O=S1(=O)CCC(Nc2cccc3nccn23)C1. The second-order valence-electron chi connectivity index (χ2n) is 4.31. The van der Waals surface area contributed by atoms with Gasteiger partial charge in [0, 0.05) is 18.4 Å². The fourth-order valence-electron chi connectivity index (χ4n) is 2.18. The number of imidazole rings is 1. The minimum Gasteiger partial charge on any atom is -0.367 e. The molecule has 0 amide bonds. The maximum absolute atomic E-state index is 11.4. The quantitative estimate of drug-likeness (QED) is 0.862. The fourth-order valence-corrected chi connectivity index (χ4v) is 3.86. The molecule has 1 unspecified atom stereocenters. The van der Waals surface area contributed by atoms with Gasteiger partial charge in [0.05, 0.1) is 11.5 Å². The molecular formula is C11H13N3O2S.